The van der Waals surface area contributed by atoms with E-state index in [0.717, 1.165) is 57.0 Å². The second-order valence-electron chi connectivity index (χ2n) is 9.48. The zero-order chi connectivity index (χ0) is 22.1. The third kappa shape index (κ3) is 8.47. The van der Waals surface area contributed by atoms with Crippen molar-refractivity contribution in [3.63, 3.8) is 0 Å². The Kier molecular flexibility index (Phi) is 12.3. The Labute approximate surface area is 212 Å². The molecule has 3 rings (SSSR count). The van der Waals surface area contributed by atoms with Gasteiger partial charge in [-0.15, -0.1) is 24.0 Å². The van der Waals surface area contributed by atoms with Gasteiger partial charge in [0.1, 0.15) is 0 Å². The van der Waals surface area contributed by atoms with E-state index in [9.17, 15) is 0 Å². The molecule has 2 aliphatic rings. The molecule has 0 aliphatic carbocycles. The van der Waals surface area contributed by atoms with Crippen molar-refractivity contribution in [1.82, 2.24) is 15.1 Å². The number of rotatable bonds is 9. The number of likely N-dealkylation sites (tertiary alicyclic amines) is 2. The van der Waals surface area contributed by atoms with Crippen molar-refractivity contribution < 1.29 is 9.47 Å². The van der Waals surface area contributed by atoms with Crippen LogP contribution in [0.15, 0.2) is 29.3 Å². The molecule has 182 valence electrons. The van der Waals surface area contributed by atoms with Crippen LogP contribution < -0.4 is 5.32 Å². The van der Waals surface area contributed by atoms with Crippen LogP contribution in [0.1, 0.15) is 37.8 Å². The van der Waals surface area contributed by atoms with E-state index in [1.54, 1.807) is 7.11 Å². The fraction of sp³-hybridized carbons (Fsp3) is 0.720. The monoisotopic (exact) mass is 558 g/mol. The van der Waals surface area contributed by atoms with Gasteiger partial charge in [-0.1, -0.05) is 38.1 Å². The summed E-state index contributed by atoms with van der Waals surface area (Å²) in [6.45, 7) is 13.2. The Balaban J connectivity index is 0.00000363. The van der Waals surface area contributed by atoms with E-state index in [2.05, 4.69) is 58.2 Å². The molecule has 7 heteroatoms. The average molecular weight is 559 g/mol. The summed E-state index contributed by atoms with van der Waals surface area (Å²) in [6.07, 6.45) is 2.50. The fourth-order valence-electron chi connectivity index (χ4n) is 5.11. The molecule has 32 heavy (non-hydrogen) atoms. The largest absolute Gasteiger partial charge is 0.382 e. The lowest BCUT2D eigenvalue weighted by molar-refractivity contribution is 0.0536. The van der Waals surface area contributed by atoms with E-state index in [1.807, 2.05) is 7.05 Å². The SMILES string of the molecule is CN=C(NCc1ccccc1CN1CC(C)CC(C)C1)N1CCC(COCCOC)C1.I. The highest BCUT2D eigenvalue weighted by Crippen LogP contribution is 2.23. The van der Waals surface area contributed by atoms with Crippen LogP contribution in [0.25, 0.3) is 0 Å². The van der Waals surface area contributed by atoms with E-state index in [1.165, 1.54) is 30.6 Å². The van der Waals surface area contributed by atoms with Crippen LogP contribution in [0.4, 0.5) is 0 Å². The zero-order valence-corrected chi connectivity index (χ0v) is 22.7. The summed E-state index contributed by atoms with van der Waals surface area (Å²) >= 11 is 0. The number of guanidine groups is 1. The van der Waals surface area contributed by atoms with Crippen molar-refractivity contribution in [1.29, 1.82) is 0 Å². The molecule has 0 amide bonds. The molecular weight excluding hydrogens is 515 g/mol. The number of hydrogen-bond donors (Lipinski definition) is 1. The highest BCUT2D eigenvalue weighted by atomic mass is 127. The zero-order valence-electron chi connectivity index (χ0n) is 20.4. The Morgan fingerprint density at radius 3 is 2.50 bits per heavy atom. The molecule has 0 bridgehead atoms. The smallest absolute Gasteiger partial charge is 0.193 e. The number of benzene rings is 1. The molecular formula is C25H43IN4O2. The van der Waals surface area contributed by atoms with Gasteiger partial charge in [-0.3, -0.25) is 9.89 Å². The van der Waals surface area contributed by atoms with Gasteiger partial charge < -0.3 is 19.7 Å². The molecule has 0 aromatic heterocycles. The van der Waals surface area contributed by atoms with Gasteiger partial charge in [-0.25, -0.2) is 0 Å². The maximum Gasteiger partial charge on any atom is 0.193 e. The van der Waals surface area contributed by atoms with Gasteiger partial charge in [-0.2, -0.15) is 0 Å². The predicted octanol–water partition coefficient (Wildman–Crippen LogP) is 3.84. The molecule has 2 aliphatic heterocycles. The lowest BCUT2D eigenvalue weighted by atomic mass is 9.91. The lowest BCUT2D eigenvalue weighted by Gasteiger charge is -2.35. The number of methoxy groups -OCH3 is 1. The van der Waals surface area contributed by atoms with Crippen molar-refractivity contribution >= 4 is 29.9 Å². The molecule has 2 fully saturated rings. The van der Waals surface area contributed by atoms with Gasteiger partial charge in [0.25, 0.3) is 0 Å². The molecule has 2 saturated heterocycles. The maximum absolute atomic E-state index is 5.74. The first-order chi connectivity index (χ1) is 15.1. The summed E-state index contributed by atoms with van der Waals surface area (Å²) < 4.78 is 10.8. The second kappa shape index (κ2) is 14.4. The Bertz CT molecular complexity index is 692. The predicted molar refractivity (Wildman–Crippen MR) is 143 cm³/mol. The van der Waals surface area contributed by atoms with E-state index in [0.29, 0.717) is 19.1 Å². The van der Waals surface area contributed by atoms with Gasteiger partial charge in [0, 0.05) is 59.3 Å². The molecule has 6 nitrogen and oxygen atoms in total. The number of aliphatic imine (C=N–C) groups is 1. The van der Waals surface area contributed by atoms with Crippen molar-refractivity contribution in [3.8, 4) is 0 Å². The van der Waals surface area contributed by atoms with Crippen LogP contribution in [0, 0.1) is 17.8 Å². The number of piperidine rings is 1. The summed E-state index contributed by atoms with van der Waals surface area (Å²) in [6, 6.07) is 8.85. The van der Waals surface area contributed by atoms with Crippen LogP contribution in [-0.4, -0.2) is 75.9 Å². The van der Waals surface area contributed by atoms with E-state index in [4.69, 9.17) is 9.47 Å². The first-order valence-corrected chi connectivity index (χ1v) is 11.9. The molecule has 0 saturated carbocycles. The van der Waals surface area contributed by atoms with Crippen LogP contribution in [-0.2, 0) is 22.6 Å². The van der Waals surface area contributed by atoms with E-state index >= 15 is 0 Å². The first-order valence-electron chi connectivity index (χ1n) is 11.9. The Morgan fingerprint density at radius 1 is 1.09 bits per heavy atom. The highest BCUT2D eigenvalue weighted by Gasteiger charge is 2.25. The maximum atomic E-state index is 5.74. The average Bonchev–Trinajstić information content (AvgIpc) is 3.21. The van der Waals surface area contributed by atoms with E-state index in [-0.39, 0.29) is 24.0 Å². The lowest BCUT2D eigenvalue weighted by Crippen LogP contribution is -2.40. The summed E-state index contributed by atoms with van der Waals surface area (Å²) in [5.74, 6) is 3.13. The summed E-state index contributed by atoms with van der Waals surface area (Å²) in [5, 5.41) is 3.62. The Morgan fingerprint density at radius 2 is 1.81 bits per heavy atom. The molecule has 2 heterocycles. The number of halogens is 1. The van der Waals surface area contributed by atoms with Gasteiger partial charge in [0.2, 0.25) is 0 Å². The summed E-state index contributed by atoms with van der Waals surface area (Å²) in [4.78, 5) is 9.54. The minimum Gasteiger partial charge on any atom is -0.382 e. The molecule has 0 spiro atoms. The number of nitrogens with one attached hydrogen (secondary N) is 1. The molecule has 1 N–H and O–H groups in total. The number of hydrogen-bond acceptors (Lipinski definition) is 4. The normalized spacial score (nSPS) is 24.4. The number of ether oxygens (including phenoxy) is 2. The van der Waals surface area contributed by atoms with Gasteiger partial charge >= 0.3 is 0 Å². The van der Waals surface area contributed by atoms with Gasteiger partial charge in [-0.05, 0) is 35.8 Å². The molecule has 1 aromatic rings. The third-order valence-electron chi connectivity index (χ3n) is 6.48. The molecule has 3 atom stereocenters. The van der Waals surface area contributed by atoms with Crippen LogP contribution >= 0.6 is 24.0 Å². The molecule has 3 unspecified atom stereocenters. The van der Waals surface area contributed by atoms with Crippen LogP contribution in [0.2, 0.25) is 0 Å². The third-order valence-corrected chi connectivity index (χ3v) is 6.48. The molecule has 1 aromatic carbocycles. The molecule has 0 radical (unpaired) electrons. The van der Waals surface area contributed by atoms with Crippen molar-refractivity contribution in [2.24, 2.45) is 22.7 Å². The van der Waals surface area contributed by atoms with Gasteiger partial charge in [0.15, 0.2) is 5.96 Å². The quantitative estimate of drug-likeness (QED) is 0.216. The summed E-state index contributed by atoms with van der Waals surface area (Å²) in [5.41, 5.74) is 2.80. The van der Waals surface area contributed by atoms with E-state index < -0.39 is 0 Å². The minimum absolute atomic E-state index is 0. The first kappa shape index (κ1) is 27.3. The minimum atomic E-state index is 0. The van der Waals surface area contributed by atoms with Crippen molar-refractivity contribution in [3.05, 3.63) is 35.4 Å². The second-order valence-corrected chi connectivity index (χ2v) is 9.48. The van der Waals surface area contributed by atoms with Crippen molar-refractivity contribution in [2.45, 2.75) is 39.8 Å². The van der Waals surface area contributed by atoms with Crippen LogP contribution in [0.5, 0.6) is 0 Å². The van der Waals surface area contributed by atoms with Crippen LogP contribution in [0.3, 0.4) is 0 Å². The highest BCUT2D eigenvalue weighted by molar-refractivity contribution is 14.0. The van der Waals surface area contributed by atoms with Gasteiger partial charge in [0.05, 0.1) is 19.8 Å². The fourth-order valence-corrected chi connectivity index (χ4v) is 5.11. The topological polar surface area (TPSA) is 49.3 Å². The number of nitrogens with zero attached hydrogens (tertiary/aromatic N) is 3. The van der Waals surface area contributed by atoms with Crippen molar-refractivity contribution in [2.75, 3.05) is 60.2 Å². The standard InChI is InChI=1S/C25H42N4O2.HI/c1-20-13-21(2)16-28(15-20)18-24-8-6-5-7-23(24)14-27-25(26-3)29-10-9-22(17-29)19-31-12-11-30-4;/h5-8,20-22H,9-19H2,1-4H3,(H,26,27);1H. The Hall–Kier alpha value is -0.900. The summed E-state index contributed by atoms with van der Waals surface area (Å²) in [7, 11) is 3.59.